The Morgan fingerprint density at radius 3 is 2.32 bits per heavy atom. The van der Waals surface area contributed by atoms with E-state index in [9.17, 15) is 19.7 Å². The monoisotopic (exact) mass is 306 g/mol. The van der Waals surface area contributed by atoms with Gasteiger partial charge in [0.05, 0.1) is 11.1 Å². The molecule has 2 amide bonds. The molecule has 22 heavy (non-hydrogen) atoms. The maximum Gasteiger partial charge on any atom is 0.269 e. The Bertz CT molecular complexity index is 554. The number of carbonyl (C=O) groups excluding carboxylic acids is 2. The van der Waals surface area contributed by atoms with Crippen LogP contribution in [0.15, 0.2) is 29.4 Å². The maximum atomic E-state index is 11.5. The van der Waals surface area contributed by atoms with Crippen molar-refractivity contribution < 1.29 is 14.5 Å². The third-order valence-corrected chi connectivity index (χ3v) is 2.84. The number of nitro groups is 1. The third kappa shape index (κ3) is 6.60. The van der Waals surface area contributed by atoms with Gasteiger partial charge in [-0.05, 0) is 30.5 Å². The number of amides is 2. The molecule has 0 saturated heterocycles. The standard InChI is InChI=1S/C14H18N4O4/c1-15-13(19)4-2-3-5-14(20)17-16-10-11-6-8-12(9-7-11)18(21)22/h6-10H,2-5H2,1H3,(H,15,19)(H,17,20)/b16-10-. The van der Waals surface area contributed by atoms with E-state index in [1.807, 2.05) is 0 Å². The minimum atomic E-state index is -0.485. The van der Waals surface area contributed by atoms with Gasteiger partial charge in [-0.3, -0.25) is 19.7 Å². The highest BCUT2D eigenvalue weighted by Crippen LogP contribution is 2.10. The lowest BCUT2D eigenvalue weighted by Crippen LogP contribution is -2.19. The molecule has 8 heteroatoms. The van der Waals surface area contributed by atoms with Crippen LogP contribution in [0.25, 0.3) is 0 Å². The Labute approximate surface area is 127 Å². The summed E-state index contributed by atoms with van der Waals surface area (Å²) in [6.07, 6.45) is 3.34. The molecule has 0 saturated carbocycles. The minimum absolute atomic E-state index is 0.00250. The lowest BCUT2D eigenvalue weighted by molar-refractivity contribution is -0.384. The lowest BCUT2D eigenvalue weighted by Gasteiger charge is -2.00. The summed E-state index contributed by atoms with van der Waals surface area (Å²) in [5.41, 5.74) is 3.01. The molecule has 0 aliphatic carbocycles. The molecule has 8 nitrogen and oxygen atoms in total. The maximum absolute atomic E-state index is 11.5. The van der Waals surface area contributed by atoms with Crippen LogP contribution in [0.3, 0.4) is 0 Å². The minimum Gasteiger partial charge on any atom is -0.359 e. The number of nitrogens with one attached hydrogen (secondary N) is 2. The summed E-state index contributed by atoms with van der Waals surface area (Å²) in [6, 6.07) is 5.80. The van der Waals surface area contributed by atoms with Gasteiger partial charge < -0.3 is 5.32 Å². The number of carbonyl (C=O) groups is 2. The summed E-state index contributed by atoms with van der Waals surface area (Å²) in [4.78, 5) is 32.5. The van der Waals surface area contributed by atoms with E-state index in [1.165, 1.54) is 30.5 Å². The van der Waals surface area contributed by atoms with E-state index in [0.29, 0.717) is 24.8 Å². The topological polar surface area (TPSA) is 114 Å². The SMILES string of the molecule is CNC(=O)CCCCC(=O)N/N=C\c1ccc([N+](=O)[O-])cc1. The molecular weight excluding hydrogens is 288 g/mol. The van der Waals surface area contributed by atoms with Gasteiger partial charge in [0, 0.05) is 32.0 Å². The Morgan fingerprint density at radius 2 is 1.77 bits per heavy atom. The van der Waals surface area contributed by atoms with E-state index in [2.05, 4.69) is 15.8 Å². The molecule has 0 aromatic heterocycles. The molecular formula is C14H18N4O4. The highest BCUT2D eigenvalue weighted by Gasteiger charge is 2.03. The van der Waals surface area contributed by atoms with Crippen LogP contribution >= 0.6 is 0 Å². The zero-order valence-corrected chi connectivity index (χ0v) is 12.2. The lowest BCUT2D eigenvalue weighted by atomic mass is 10.2. The van der Waals surface area contributed by atoms with Crippen molar-refractivity contribution in [3.63, 3.8) is 0 Å². The molecule has 0 spiro atoms. The van der Waals surface area contributed by atoms with Gasteiger partial charge in [-0.15, -0.1) is 0 Å². The highest BCUT2D eigenvalue weighted by atomic mass is 16.6. The first-order valence-electron chi connectivity index (χ1n) is 6.80. The fourth-order valence-corrected chi connectivity index (χ4v) is 1.61. The number of benzene rings is 1. The second-order valence-electron chi connectivity index (χ2n) is 4.52. The van der Waals surface area contributed by atoms with Gasteiger partial charge >= 0.3 is 0 Å². The summed E-state index contributed by atoms with van der Waals surface area (Å²) in [7, 11) is 1.57. The number of non-ortho nitro benzene ring substituents is 1. The molecule has 0 heterocycles. The van der Waals surface area contributed by atoms with E-state index in [0.717, 1.165) is 0 Å². The van der Waals surface area contributed by atoms with Crippen LogP contribution in [0.1, 0.15) is 31.2 Å². The van der Waals surface area contributed by atoms with Crippen molar-refractivity contribution in [3.8, 4) is 0 Å². The van der Waals surface area contributed by atoms with E-state index in [4.69, 9.17) is 0 Å². The number of hydrazone groups is 1. The molecule has 118 valence electrons. The normalized spacial score (nSPS) is 10.4. The summed E-state index contributed by atoms with van der Waals surface area (Å²) in [6.45, 7) is 0. The van der Waals surface area contributed by atoms with Gasteiger partial charge in [-0.2, -0.15) is 5.10 Å². The molecule has 0 aliphatic rings. The van der Waals surface area contributed by atoms with Crippen molar-refractivity contribution in [2.75, 3.05) is 7.05 Å². The highest BCUT2D eigenvalue weighted by molar-refractivity contribution is 5.82. The van der Waals surface area contributed by atoms with Crippen LogP contribution in [-0.4, -0.2) is 30.0 Å². The van der Waals surface area contributed by atoms with Crippen LogP contribution in [0.5, 0.6) is 0 Å². The van der Waals surface area contributed by atoms with Crippen LogP contribution in [0.4, 0.5) is 5.69 Å². The molecule has 0 unspecified atom stereocenters. The van der Waals surface area contributed by atoms with E-state index < -0.39 is 4.92 Å². The van der Waals surface area contributed by atoms with Crippen molar-refractivity contribution in [3.05, 3.63) is 39.9 Å². The van der Waals surface area contributed by atoms with Gasteiger partial charge in [0.15, 0.2) is 0 Å². The van der Waals surface area contributed by atoms with Gasteiger partial charge in [0.25, 0.3) is 5.69 Å². The Hall–Kier alpha value is -2.77. The van der Waals surface area contributed by atoms with Crippen molar-refractivity contribution >= 4 is 23.7 Å². The molecule has 0 aliphatic heterocycles. The Morgan fingerprint density at radius 1 is 1.18 bits per heavy atom. The zero-order chi connectivity index (χ0) is 16.4. The number of hydrogen-bond acceptors (Lipinski definition) is 5. The summed E-state index contributed by atoms with van der Waals surface area (Å²) in [5.74, 6) is -0.285. The number of unbranched alkanes of at least 4 members (excludes halogenated alkanes) is 1. The first kappa shape index (κ1) is 17.3. The average molecular weight is 306 g/mol. The fraction of sp³-hybridized carbons (Fsp3) is 0.357. The largest absolute Gasteiger partial charge is 0.359 e. The zero-order valence-electron chi connectivity index (χ0n) is 12.2. The second kappa shape index (κ2) is 9.22. The molecule has 0 bridgehead atoms. The third-order valence-electron chi connectivity index (χ3n) is 2.84. The molecule has 0 fully saturated rings. The van der Waals surface area contributed by atoms with E-state index in [-0.39, 0.29) is 23.9 Å². The van der Waals surface area contributed by atoms with E-state index in [1.54, 1.807) is 7.05 Å². The van der Waals surface area contributed by atoms with Crippen molar-refractivity contribution in [1.82, 2.24) is 10.7 Å². The van der Waals surface area contributed by atoms with Gasteiger partial charge in [-0.25, -0.2) is 5.43 Å². The van der Waals surface area contributed by atoms with Crippen LogP contribution in [0.2, 0.25) is 0 Å². The van der Waals surface area contributed by atoms with Crippen LogP contribution in [-0.2, 0) is 9.59 Å². The van der Waals surface area contributed by atoms with Crippen molar-refractivity contribution in [1.29, 1.82) is 0 Å². The second-order valence-corrected chi connectivity index (χ2v) is 4.52. The fourth-order valence-electron chi connectivity index (χ4n) is 1.61. The molecule has 1 aromatic rings. The first-order valence-corrected chi connectivity index (χ1v) is 6.80. The number of rotatable bonds is 8. The Balaban J connectivity index is 2.28. The molecule has 2 N–H and O–H groups in total. The first-order chi connectivity index (χ1) is 10.5. The summed E-state index contributed by atoms with van der Waals surface area (Å²) in [5, 5.41) is 16.8. The predicted octanol–water partition coefficient (Wildman–Crippen LogP) is 1.35. The molecule has 0 atom stereocenters. The van der Waals surface area contributed by atoms with Crippen molar-refractivity contribution in [2.45, 2.75) is 25.7 Å². The van der Waals surface area contributed by atoms with Gasteiger partial charge in [0.1, 0.15) is 0 Å². The number of nitrogens with zero attached hydrogens (tertiary/aromatic N) is 2. The van der Waals surface area contributed by atoms with E-state index >= 15 is 0 Å². The van der Waals surface area contributed by atoms with Gasteiger partial charge in [0.2, 0.25) is 11.8 Å². The number of nitro benzene ring substituents is 1. The molecule has 1 rings (SSSR count). The smallest absolute Gasteiger partial charge is 0.269 e. The number of hydrogen-bond donors (Lipinski definition) is 2. The summed E-state index contributed by atoms with van der Waals surface area (Å²) >= 11 is 0. The van der Waals surface area contributed by atoms with Gasteiger partial charge in [-0.1, -0.05) is 0 Å². The van der Waals surface area contributed by atoms with Crippen molar-refractivity contribution in [2.24, 2.45) is 5.10 Å². The van der Waals surface area contributed by atoms with Crippen LogP contribution in [0, 0.1) is 10.1 Å². The predicted molar refractivity (Wildman–Crippen MR) is 81.4 cm³/mol. The Kier molecular flexibility index (Phi) is 7.24. The summed E-state index contributed by atoms with van der Waals surface area (Å²) < 4.78 is 0. The average Bonchev–Trinajstić information content (AvgIpc) is 2.51. The van der Waals surface area contributed by atoms with Crippen LogP contribution < -0.4 is 10.7 Å². The quantitative estimate of drug-likeness (QED) is 0.326. The molecule has 1 aromatic carbocycles. The molecule has 0 radical (unpaired) electrons.